The van der Waals surface area contributed by atoms with Crippen molar-refractivity contribution >= 4 is 24.0 Å². The fourth-order valence-electron chi connectivity index (χ4n) is 2.95. The summed E-state index contributed by atoms with van der Waals surface area (Å²) in [5.74, 6) is 0.662. The van der Waals surface area contributed by atoms with E-state index in [1.807, 2.05) is 12.1 Å². The molecule has 0 aromatic heterocycles. The van der Waals surface area contributed by atoms with E-state index in [-0.39, 0.29) is 29.3 Å². The molecule has 0 saturated heterocycles. The maximum Gasteiger partial charge on any atom is 0.0406 e. The summed E-state index contributed by atoms with van der Waals surface area (Å²) >= 11 is 5.96. The zero-order chi connectivity index (χ0) is 12.5. The molecule has 1 unspecified atom stereocenters. The van der Waals surface area contributed by atoms with E-state index in [2.05, 4.69) is 26.0 Å². The zero-order valence-corrected chi connectivity index (χ0v) is 13.2. The van der Waals surface area contributed by atoms with Crippen molar-refractivity contribution in [1.82, 2.24) is 0 Å². The molecular formula is C15H25Cl2NO. The molecule has 0 radical (unpaired) electrons. The van der Waals surface area contributed by atoms with Gasteiger partial charge in [-0.1, -0.05) is 44.0 Å². The highest BCUT2D eigenvalue weighted by molar-refractivity contribution is 6.30. The monoisotopic (exact) mass is 305 g/mol. The second-order valence-electron chi connectivity index (χ2n) is 5.75. The van der Waals surface area contributed by atoms with Crippen molar-refractivity contribution in [2.45, 2.75) is 51.0 Å². The molecule has 1 aromatic carbocycles. The first-order valence-corrected chi connectivity index (χ1v) is 6.94. The lowest BCUT2D eigenvalue weighted by molar-refractivity contribution is 0.178. The van der Waals surface area contributed by atoms with Crippen LogP contribution in [-0.4, -0.2) is 11.5 Å². The molecule has 2 nitrogen and oxygen atoms in total. The first-order chi connectivity index (χ1) is 8.04. The Kier molecular flexibility index (Phi) is 7.38. The van der Waals surface area contributed by atoms with Gasteiger partial charge < -0.3 is 11.2 Å². The van der Waals surface area contributed by atoms with Gasteiger partial charge in [0.1, 0.15) is 0 Å². The molecule has 4 heteroatoms. The van der Waals surface area contributed by atoms with Crippen molar-refractivity contribution < 1.29 is 5.48 Å². The standard InChI is InChI=1S/C15H22ClN.ClH.H2O/c1-11(2)10-14(17)15(8-3-9-15)12-4-6-13(16)7-5-12;;/h4-7,11,14H,3,8-10,17H2,1-2H3;1H;1H2. The minimum Gasteiger partial charge on any atom is -0.412 e. The molecule has 1 fully saturated rings. The Bertz CT molecular complexity index is 374. The average molecular weight is 306 g/mol. The van der Waals surface area contributed by atoms with E-state index in [0.717, 1.165) is 11.4 Å². The van der Waals surface area contributed by atoms with Gasteiger partial charge in [-0.25, -0.2) is 0 Å². The summed E-state index contributed by atoms with van der Waals surface area (Å²) in [6, 6.07) is 8.55. The summed E-state index contributed by atoms with van der Waals surface area (Å²) in [6.45, 7) is 4.49. The predicted molar refractivity (Wildman–Crippen MR) is 85.3 cm³/mol. The summed E-state index contributed by atoms with van der Waals surface area (Å²) in [4.78, 5) is 0. The number of benzene rings is 1. The summed E-state index contributed by atoms with van der Waals surface area (Å²) in [6.07, 6.45) is 4.85. The number of hydrogen-bond acceptors (Lipinski definition) is 1. The van der Waals surface area contributed by atoms with Crippen LogP contribution in [-0.2, 0) is 5.41 Å². The minimum atomic E-state index is 0. The van der Waals surface area contributed by atoms with Gasteiger partial charge in [-0.05, 0) is 42.9 Å². The van der Waals surface area contributed by atoms with Crippen LogP contribution in [0.5, 0.6) is 0 Å². The van der Waals surface area contributed by atoms with Crippen LogP contribution in [0, 0.1) is 5.92 Å². The lowest BCUT2D eigenvalue weighted by Gasteiger charge is -2.47. The Morgan fingerprint density at radius 1 is 1.21 bits per heavy atom. The third-order valence-corrected chi connectivity index (χ3v) is 4.35. The van der Waals surface area contributed by atoms with Crippen molar-refractivity contribution in [3.63, 3.8) is 0 Å². The molecule has 110 valence electrons. The molecule has 2 rings (SSSR count). The number of nitrogens with two attached hydrogens (primary N) is 1. The highest BCUT2D eigenvalue weighted by Crippen LogP contribution is 2.47. The van der Waals surface area contributed by atoms with Crippen molar-refractivity contribution in [1.29, 1.82) is 0 Å². The molecule has 19 heavy (non-hydrogen) atoms. The summed E-state index contributed by atoms with van der Waals surface area (Å²) in [5.41, 5.74) is 8.05. The van der Waals surface area contributed by atoms with Gasteiger partial charge in [-0.3, -0.25) is 0 Å². The van der Waals surface area contributed by atoms with Crippen LogP contribution in [0.25, 0.3) is 0 Å². The highest BCUT2D eigenvalue weighted by atomic mass is 35.5. The molecule has 1 aliphatic rings. The van der Waals surface area contributed by atoms with E-state index in [1.165, 1.54) is 24.8 Å². The minimum absolute atomic E-state index is 0. The lowest BCUT2D eigenvalue weighted by atomic mass is 9.59. The maximum absolute atomic E-state index is 6.45. The highest BCUT2D eigenvalue weighted by Gasteiger charge is 2.43. The molecule has 0 amide bonds. The van der Waals surface area contributed by atoms with Crippen LogP contribution in [0.2, 0.25) is 5.02 Å². The Labute approximate surface area is 127 Å². The van der Waals surface area contributed by atoms with Gasteiger partial charge in [0.25, 0.3) is 0 Å². The molecule has 4 N–H and O–H groups in total. The molecule has 0 spiro atoms. The maximum atomic E-state index is 6.45. The number of halogens is 2. The molecule has 1 saturated carbocycles. The number of hydrogen-bond donors (Lipinski definition) is 1. The molecule has 1 aliphatic carbocycles. The smallest absolute Gasteiger partial charge is 0.0406 e. The first kappa shape index (κ1) is 18.7. The van der Waals surface area contributed by atoms with Gasteiger partial charge in [-0.2, -0.15) is 0 Å². The summed E-state index contributed by atoms with van der Waals surface area (Å²) < 4.78 is 0. The largest absolute Gasteiger partial charge is 0.412 e. The summed E-state index contributed by atoms with van der Waals surface area (Å²) in [7, 11) is 0. The van der Waals surface area contributed by atoms with Crippen LogP contribution >= 0.6 is 24.0 Å². The van der Waals surface area contributed by atoms with Crippen molar-refractivity contribution in [2.24, 2.45) is 11.7 Å². The van der Waals surface area contributed by atoms with Gasteiger partial charge in [-0.15, -0.1) is 12.4 Å². The average Bonchev–Trinajstić information content (AvgIpc) is 2.18. The van der Waals surface area contributed by atoms with Crippen LogP contribution < -0.4 is 5.73 Å². The Hall–Kier alpha value is -0.280. The molecule has 0 heterocycles. The topological polar surface area (TPSA) is 57.5 Å². The third-order valence-electron chi connectivity index (χ3n) is 4.10. The van der Waals surface area contributed by atoms with Crippen molar-refractivity contribution in [2.75, 3.05) is 0 Å². The van der Waals surface area contributed by atoms with Crippen molar-refractivity contribution in [3.8, 4) is 0 Å². The molecule has 1 atom stereocenters. The second kappa shape index (κ2) is 7.49. The van der Waals surface area contributed by atoms with E-state index in [0.29, 0.717) is 5.92 Å². The third kappa shape index (κ3) is 3.85. The van der Waals surface area contributed by atoms with Gasteiger partial charge in [0.15, 0.2) is 0 Å². The van der Waals surface area contributed by atoms with E-state index in [1.54, 1.807) is 0 Å². The van der Waals surface area contributed by atoms with Crippen LogP contribution in [0.1, 0.15) is 45.1 Å². The number of rotatable bonds is 4. The lowest BCUT2D eigenvalue weighted by Crippen LogP contribution is -2.50. The Morgan fingerprint density at radius 2 is 1.74 bits per heavy atom. The van der Waals surface area contributed by atoms with Gasteiger partial charge in [0.2, 0.25) is 0 Å². The fourth-order valence-corrected chi connectivity index (χ4v) is 3.07. The van der Waals surface area contributed by atoms with Crippen LogP contribution in [0.3, 0.4) is 0 Å². The summed E-state index contributed by atoms with van der Waals surface area (Å²) in [5, 5.41) is 0.806. The Balaban J connectivity index is 0.00000162. The Morgan fingerprint density at radius 3 is 2.11 bits per heavy atom. The van der Waals surface area contributed by atoms with Gasteiger partial charge in [0.05, 0.1) is 0 Å². The first-order valence-electron chi connectivity index (χ1n) is 6.56. The molecular weight excluding hydrogens is 281 g/mol. The van der Waals surface area contributed by atoms with Gasteiger partial charge in [0, 0.05) is 16.5 Å². The quantitative estimate of drug-likeness (QED) is 0.905. The van der Waals surface area contributed by atoms with Crippen molar-refractivity contribution in [3.05, 3.63) is 34.9 Å². The van der Waals surface area contributed by atoms with Crippen LogP contribution in [0.4, 0.5) is 0 Å². The van der Waals surface area contributed by atoms with E-state index in [4.69, 9.17) is 17.3 Å². The van der Waals surface area contributed by atoms with E-state index >= 15 is 0 Å². The van der Waals surface area contributed by atoms with Gasteiger partial charge >= 0.3 is 0 Å². The fraction of sp³-hybridized carbons (Fsp3) is 0.600. The predicted octanol–water partition coefficient (Wildman–Crippen LogP) is 3.73. The molecule has 0 bridgehead atoms. The zero-order valence-electron chi connectivity index (χ0n) is 11.7. The molecule has 0 aliphatic heterocycles. The van der Waals surface area contributed by atoms with Crippen LogP contribution in [0.15, 0.2) is 24.3 Å². The second-order valence-corrected chi connectivity index (χ2v) is 6.19. The normalized spacial score (nSPS) is 17.9. The van der Waals surface area contributed by atoms with E-state index in [9.17, 15) is 0 Å². The molecule has 1 aromatic rings. The SMILES string of the molecule is CC(C)CC(N)C1(c2ccc(Cl)cc2)CCC1.Cl.O. The van der Waals surface area contributed by atoms with E-state index < -0.39 is 0 Å².